The SMILES string of the molecule is Cc1occc1C(=O)C(C#N)c1ccc2c(c1)OCO2. The molecular formula is C15H11NO4. The molecule has 0 fully saturated rings. The molecule has 20 heavy (non-hydrogen) atoms. The summed E-state index contributed by atoms with van der Waals surface area (Å²) in [7, 11) is 0. The van der Waals surface area contributed by atoms with E-state index in [4.69, 9.17) is 13.9 Å². The Balaban J connectivity index is 1.97. The van der Waals surface area contributed by atoms with Crippen molar-refractivity contribution >= 4 is 5.78 Å². The first kappa shape index (κ1) is 12.3. The van der Waals surface area contributed by atoms with E-state index in [-0.39, 0.29) is 12.6 Å². The molecule has 0 radical (unpaired) electrons. The maximum absolute atomic E-state index is 12.4. The van der Waals surface area contributed by atoms with E-state index in [2.05, 4.69) is 0 Å². The van der Waals surface area contributed by atoms with Crippen LogP contribution in [0.2, 0.25) is 0 Å². The van der Waals surface area contributed by atoms with E-state index in [0.29, 0.717) is 28.4 Å². The molecule has 1 aliphatic heterocycles. The highest BCUT2D eigenvalue weighted by molar-refractivity contribution is 6.03. The van der Waals surface area contributed by atoms with E-state index in [0.717, 1.165) is 0 Å². The normalized spacial score (nSPS) is 13.8. The van der Waals surface area contributed by atoms with Crippen LogP contribution in [-0.4, -0.2) is 12.6 Å². The number of Topliss-reactive ketones (excluding diaryl/α,β-unsaturated/α-hetero) is 1. The van der Waals surface area contributed by atoms with Gasteiger partial charge in [0.25, 0.3) is 0 Å². The lowest BCUT2D eigenvalue weighted by molar-refractivity contribution is 0.0977. The highest BCUT2D eigenvalue weighted by Crippen LogP contribution is 2.35. The van der Waals surface area contributed by atoms with Crippen LogP contribution in [0.15, 0.2) is 34.9 Å². The molecule has 0 saturated heterocycles. The molecular weight excluding hydrogens is 258 g/mol. The standard InChI is InChI=1S/C15H11NO4/c1-9-11(4-5-18-9)15(17)12(7-16)10-2-3-13-14(6-10)20-8-19-13/h2-6,12H,8H2,1H3. The van der Waals surface area contributed by atoms with Gasteiger partial charge in [-0.05, 0) is 30.7 Å². The number of ether oxygens (including phenoxy) is 2. The zero-order valence-corrected chi connectivity index (χ0v) is 10.8. The van der Waals surface area contributed by atoms with Crippen LogP contribution in [0, 0.1) is 18.3 Å². The van der Waals surface area contributed by atoms with Crippen molar-refractivity contribution in [1.82, 2.24) is 0 Å². The Morgan fingerprint density at radius 1 is 1.30 bits per heavy atom. The molecule has 0 spiro atoms. The third-order valence-corrected chi connectivity index (χ3v) is 3.25. The Morgan fingerprint density at radius 2 is 2.10 bits per heavy atom. The average molecular weight is 269 g/mol. The van der Waals surface area contributed by atoms with E-state index >= 15 is 0 Å². The van der Waals surface area contributed by atoms with Gasteiger partial charge in [-0.15, -0.1) is 0 Å². The van der Waals surface area contributed by atoms with Gasteiger partial charge in [0.1, 0.15) is 11.7 Å². The predicted octanol–water partition coefficient (Wildman–Crippen LogP) is 2.81. The molecule has 3 rings (SSSR count). The van der Waals surface area contributed by atoms with Crippen LogP contribution in [0.3, 0.4) is 0 Å². The van der Waals surface area contributed by atoms with Gasteiger partial charge in [-0.2, -0.15) is 5.26 Å². The summed E-state index contributed by atoms with van der Waals surface area (Å²) in [6.45, 7) is 1.85. The summed E-state index contributed by atoms with van der Waals surface area (Å²) in [5, 5.41) is 9.31. The minimum atomic E-state index is -0.888. The molecule has 2 aromatic rings. The molecule has 0 amide bonds. The number of nitrogens with zero attached hydrogens (tertiary/aromatic N) is 1. The van der Waals surface area contributed by atoms with Crippen LogP contribution >= 0.6 is 0 Å². The summed E-state index contributed by atoms with van der Waals surface area (Å²) >= 11 is 0. The van der Waals surface area contributed by atoms with Crippen LogP contribution in [0.25, 0.3) is 0 Å². The van der Waals surface area contributed by atoms with Crippen LogP contribution in [0.1, 0.15) is 27.6 Å². The van der Waals surface area contributed by atoms with Crippen molar-refractivity contribution in [3.05, 3.63) is 47.4 Å². The number of rotatable bonds is 3. The lowest BCUT2D eigenvalue weighted by Gasteiger charge is -2.08. The second kappa shape index (κ2) is 4.74. The van der Waals surface area contributed by atoms with Gasteiger partial charge < -0.3 is 13.9 Å². The minimum absolute atomic E-state index is 0.158. The molecule has 1 atom stereocenters. The fourth-order valence-corrected chi connectivity index (χ4v) is 2.17. The molecule has 100 valence electrons. The first-order chi connectivity index (χ1) is 9.70. The summed E-state index contributed by atoms with van der Waals surface area (Å²) in [5.41, 5.74) is 1.01. The third kappa shape index (κ3) is 1.91. The first-order valence-electron chi connectivity index (χ1n) is 6.08. The van der Waals surface area contributed by atoms with E-state index in [1.54, 1.807) is 31.2 Å². The number of carbonyl (C=O) groups is 1. The van der Waals surface area contributed by atoms with E-state index < -0.39 is 5.92 Å². The van der Waals surface area contributed by atoms with Gasteiger partial charge in [0, 0.05) is 0 Å². The second-order valence-corrected chi connectivity index (χ2v) is 4.43. The van der Waals surface area contributed by atoms with Crippen molar-refractivity contribution in [1.29, 1.82) is 5.26 Å². The fraction of sp³-hybridized carbons (Fsp3) is 0.200. The molecule has 5 heteroatoms. The van der Waals surface area contributed by atoms with Crippen molar-refractivity contribution < 1.29 is 18.7 Å². The molecule has 0 bridgehead atoms. The number of furan rings is 1. The molecule has 1 unspecified atom stereocenters. The number of aryl methyl sites for hydroxylation is 1. The first-order valence-corrected chi connectivity index (χ1v) is 6.08. The summed E-state index contributed by atoms with van der Waals surface area (Å²) in [5.74, 6) is 0.520. The van der Waals surface area contributed by atoms with Crippen LogP contribution < -0.4 is 9.47 Å². The number of benzene rings is 1. The van der Waals surface area contributed by atoms with Crippen molar-refractivity contribution in [3.63, 3.8) is 0 Å². The Labute approximate surface area is 115 Å². The van der Waals surface area contributed by atoms with E-state index in [1.807, 2.05) is 6.07 Å². The summed E-state index contributed by atoms with van der Waals surface area (Å²) in [6, 6.07) is 8.69. The third-order valence-electron chi connectivity index (χ3n) is 3.25. The maximum Gasteiger partial charge on any atom is 0.231 e. The predicted molar refractivity (Wildman–Crippen MR) is 68.7 cm³/mol. The van der Waals surface area contributed by atoms with E-state index in [1.165, 1.54) is 6.26 Å². The highest BCUT2D eigenvalue weighted by atomic mass is 16.7. The molecule has 1 aromatic heterocycles. The number of hydrogen-bond donors (Lipinski definition) is 0. The van der Waals surface area contributed by atoms with Crippen LogP contribution in [0.5, 0.6) is 11.5 Å². The molecule has 0 N–H and O–H groups in total. The zero-order chi connectivity index (χ0) is 14.1. The van der Waals surface area contributed by atoms with Crippen molar-refractivity contribution in [2.24, 2.45) is 0 Å². The minimum Gasteiger partial charge on any atom is -0.469 e. The molecule has 1 aromatic carbocycles. The zero-order valence-electron chi connectivity index (χ0n) is 10.8. The molecule has 1 aliphatic rings. The van der Waals surface area contributed by atoms with Crippen molar-refractivity contribution in [2.45, 2.75) is 12.8 Å². The molecule has 0 saturated carbocycles. The Hall–Kier alpha value is -2.74. The Morgan fingerprint density at radius 3 is 2.80 bits per heavy atom. The molecule has 0 aliphatic carbocycles. The maximum atomic E-state index is 12.4. The lowest BCUT2D eigenvalue weighted by Crippen LogP contribution is -2.11. The van der Waals surface area contributed by atoms with Gasteiger partial charge in [0.05, 0.1) is 17.9 Å². The largest absolute Gasteiger partial charge is 0.469 e. The monoisotopic (exact) mass is 269 g/mol. The Kier molecular flexibility index (Phi) is 2.92. The van der Waals surface area contributed by atoms with Gasteiger partial charge in [0.15, 0.2) is 17.3 Å². The second-order valence-electron chi connectivity index (χ2n) is 4.43. The highest BCUT2D eigenvalue weighted by Gasteiger charge is 2.26. The fourth-order valence-electron chi connectivity index (χ4n) is 2.17. The van der Waals surface area contributed by atoms with Gasteiger partial charge in [-0.25, -0.2) is 0 Å². The topological polar surface area (TPSA) is 72.5 Å². The number of nitriles is 1. The van der Waals surface area contributed by atoms with E-state index in [9.17, 15) is 10.1 Å². The summed E-state index contributed by atoms with van der Waals surface area (Å²) in [6.07, 6.45) is 1.44. The van der Waals surface area contributed by atoms with Gasteiger partial charge in [0.2, 0.25) is 6.79 Å². The van der Waals surface area contributed by atoms with Gasteiger partial charge in [-0.3, -0.25) is 4.79 Å². The van der Waals surface area contributed by atoms with Crippen molar-refractivity contribution in [3.8, 4) is 17.6 Å². The van der Waals surface area contributed by atoms with Gasteiger partial charge in [-0.1, -0.05) is 6.07 Å². The summed E-state index contributed by atoms with van der Waals surface area (Å²) < 4.78 is 15.6. The van der Waals surface area contributed by atoms with Crippen LogP contribution in [-0.2, 0) is 0 Å². The number of carbonyl (C=O) groups excluding carboxylic acids is 1. The smallest absolute Gasteiger partial charge is 0.231 e. The van der Waals surface area contributed by atoms with Crippen molar-refractivity contribution in [2.75, 3.05) is 6.79 Å². The summed E-state index contributed by atoms with van der Waals surface area (Å²) in [4.78, 5) is 12.4. The van der Waals surface area contributed by atoms with Crippen LogP contribution in [0.4, 0.5) is 0 Å². The Bertz CT molecular complexity index is 711. The number of fused-ring (bicyclic) bond motifs is 1. The average Bonchev–Trinajstić information content (AvgIpc) is 3.07. The lowest BCUT2D eigenvalue weighted by atomic mass is 9.92. The number of hydrogen-bond acceptors (Lipinski definition) is 5. The number of ketones is 1. The molecule has 2 heterocycles. The van der Waals surface area contributed by atoms with Gasteiger partial charge >= 0.3 is 0 Å². The quantitative estimate of drug-likeness (QED) is 0.801. The molecule has 5 nitrogen and oxygen atoms in total.